The number of halogens is 1. The van der Waals surface area contributed by atoms with E-state index in [9.17, 15) is 0 Å². The van der Waals surface area contributed by atoms with E-state index in [1.54, 1.807) is 12.6 Å². The van der Waals surface area contributed by atoms with Crippen LogP contribution < -0.4 is 10.4 Å². The van der Waals surface area contributed by atoms with E-state index in [1.807, 2.05) is 30.3 Å². The molecule has 2 heterocycles. The summed E-state index contributed by atoms with van der Waals surface area (Å²) in [6.07, 6.45) is 0. The fraction of sp³-hybridized carbons (Fsp3) is 0.375. The van der Waals surface area contributed by atoms with E-state index < -0.39 is 0 Å². The lowest BCUT2D eigenvalue weighted by Gasteiger charge is -2.35. The summed E-state index contributed by atoms with van der Waals surface area (Å²) in [5, 5.41) is 0.789. The monoisotopic (exact) mass is 322 g/mol. The maximum atomic E-state index is 6.07. The van der Waals surface area contributed by atoms with Gasteiger partial charge in [-0.15, -0.1) is 5.48 Å². The van der Waals surface area contributed by atoms with E-state index >= 15 is 0 Å². The van der Waals surface area contributed by atoms with Gasteiger partial charge in [0.15, 0.2) is 0 Å². The van der Waals surface area contributed by atoms with Crippen LogP contribution in [-0.2, 0) is 11.4 Å². The third-order valence-corrected chi connectivity index (χ3v) is 4.08. The van der Waals surface area contributed by atoms with Crippen molar-refractivity contribution in [3.8, 4) is 0 Å². The molecule has 1 fully saturated rings. The summed E-state index contributed by atoms with van der Waals surface area (Å²) in [4.78, 5) is 9.72. The van der Waals surface area contributed by atoms with Crippen molar-refractivity contribution in [2.24, 2.45) is 0 Å². The molecular formula is C16H21ClN3O2+. The first kappa shape index (κ1) is 15.4. The van der Waals surface area contributed by atoms with Crippen LogP contribution in [0.3, 0.4) is 0 Å². The number of benzene rings is 1. The number of rotatable bonds is 5. The normalized spacial score (nSPS) is 16.2. The summed E-state index contributed by atoms with van der Waals surface area (Å²) in [6.45, 7) is 4.85. The van der Waals surface area contributed by atoms with Gasteiger partial charge in [-0.3, -0.25) is 4.90 Å². The predicted octanol–water partition coefficient (Wildman–Crippen LogP) is 2.01. The number of hydrogen-bond acceptors (Lipinski definition) is 4. The third-order valence-electron chi connectivity index (χ3n) is 3.84. The van der Waals surface area contributed by atoms with Gasteiger partial charge in [0.2, 0.25) is 0 Å². The highest BCUT2D eigenvalue weighted by atomic mass is 35.5. The van der Waals surface area contributed by atoms with Crippen molar-refractivity contribution in [2.45, 2.75) is 6.54 Å². The molecule has 1 aliphatic heterocycles. The first-order valence-electron chi connectivity index (χ1n) is 7.42. The van der Waals surface area contributed by atoms with Crippen LogP contribution in [0.15, 0.2) is 40.8 Å². The van der Waals surface area contributed by atoms with Crippen LogP contribution in [0.4, 0.5) is 11.6 Å². The van der Waals surface area contributed by atoms with E-state index in [2.05, 4.69) is 15.9 Å². The Labute approximate surface area is 135 Å². The summed E-state index contributed by atoms with van der Waals surface area (Å²) in [7, 11) is 1.62. The number of hydrogen-bond donors (Lipinski definition) is 1. The molecule has 6 heteroatoms. The minimum absolute atomic E-state index is 0.759. The highest BCUT2D eigenvalue weighted by Gasteiger charge is 2.19. The van der Waals surface area contributed by atoms with Gasteiger partial charge in [0, 0.05) is 43.0 Å². The molecule has 0 atom stereocenters. The van der Waals surface area contributed by atoms with E-state index in [0.29, 0.717) is 0 Å². The lowest BCUT2D eigenvalue weighted by atomic mass is 10.2. The zero-order valence-corrected chi connectivity index (χ0v) is 13.4. The van der Waals surface area contributed by atoms with Crippen molar-refractivity contribution in [1.82, 2.24) is 4.90 Å². The summed E-state index contributed by atoms with van der Waals surface area (Å²) < 4.78 is 5.70. The molecule has 0 unspecified atom stereocenters. The van der Waals surface area contributed by atoms with Gasteiger partial charge in [-0.05, 0) is 24.3 Å². The first-order valence-corrected chi connectivity index (χ1v) is 7.80. The molecule has 2 N–H and O–H groups in total. The smallest absolute Gasteiger partial charge is 0.326 e. The molecule has 22 heavy (non-hydrogen) atoms. The quantitative estimate of drug-likeness (QED) is 0.855. The van der Waals surface area contributed by atoms with Crippen LogP contribution in [-0.4, -0.2) is 38.2 Å². The van der Waals surface area contributed by atoms with Crippen molar-refractivity contribution >= 4 is 23.2 Å². The maximum Gasteiger partial charge on any atom is 0.326 e. The van der Waals surface area contributed by atoms with Gasteiger partial charge in [-0.2, -0.15) is 0 Å². The van der Waals surface area contributed by atoms with Gasteiger partial charge >= 0.3 is 5.88 Å². The van der Waals surface area contributed by atoms with Crippen molar-refractivity contribution in [2.75, 3.05) is 38.2 Å². The van der Waals surface area contributed by atoms with Crippen LogP contribution in [0.2, 0.25) is 5.02 Å². The van der Waals surface area contributed by atoms with Crippen molar-refractivity contribution in [3.63, 3.8) is 0 Å². The molecule has 0 radical (unpaired) electrons. The van der Waals surface area contributed by atoms with Crippen LogP contribution in [0, 0.1) is 0 Å². The second-order valence-electron chi connectivity index (χ2n) is 5.40. The largest absolute Gasteiger partial charge is 0.414 e. The molecule has 1 saturated heterocycles. The Hall–Kier alpha value is -1.53. The predicted molar refractivity (Wildman–Crippen MR) is 86.2 cm³/mol. The van der Waals surface area contributed by atoms with Gasteiger partial charge in [-0.1, -0.05) is 17.7 Å². The van der Waals surface area contributed by atoms with E-state index in [4.69, 9.17) is 20.9 Å². The van der Waals surface area contributed by atoms with Crippen molar-refractivity contribution in [1.29, 1.82) is 0 Å². The van der Waals surface area contributed by atoms with E-state index in [1.165, 1.54) is 5.69 Å². The minimum Gasteiger partial charge on any atom is -0.414 e. The SMILES string of the molecule is CO[NH2+]c1ccc(CN2CCN(c3cccc(Cl)c3)CC2)o1. The molecule has 0 saturated carbocycles. The average Bonchev–Trinajstić information content (AvgIpc) is 2.96. The topological polar surface area (TPSA) is 45.5 Å². The Morgan fingerprint density at radius 3 is 2.73 bits per heavy atom. The molecule has 1 aromatic carbocycles. The lowest BCUT2D eigenvalue weighted by Crippen LogP contribution is -2.75. The molecule has 0 aliphatic carbocycles. The minimum atomic E-state index is 0.759. The summed E-state index contributed by atoms with van der Waals surface area (Å²) in [5.41, 5.74) is 2.81. The highest BCUT2D eigenvalue weighted by Crippen LogP contribution is 2.21. The van der Waals surface area contributed by atoms with Gasteiger partial charge in [0.1, 0.15) is 5.76 Å². The molecule has 0 amide bonds. The number of nitrogens with two attached hydrogens (primary N) is 1. The lowest BCUT2D eigenvalue weighted by molar-refractivity contribution is -0.837. The second kappa shape index (κ2) is 7.15. The maximum absolute atomic E-state index is 6.07. The van der Waals surface area contributed by atoms with Crippen LogP contribution in [0.1, 0.15) is 5.76 Å². The van der Waals surface area contributed by atoms with Crippen molar-refractivity contribution < 1.29 is 14.7 Å². The van der Waals surface area contributed by atoms with Crippen LogP contribution in [0.5, 0.6) is 0 Å². The zero-order valence-electron chi connectivity index (χ0n) is 12.7. The summed E-state index contributed by atoms with van der Waals surface area (Å²) in [6, 6.07) is 12.0. The molecule has 3 rings (SSSR count). The highest BCUT2D eigenvalue weighted by molar-refractivity contribution is 6.30. The summed E-state index contributed by atoms with van der Waals surface area (Å²) in [5.74, 6) is 1.73. The molecule has 0 spiro atoms. The molecular weight excluding hydrogens is 302 g/mol. The number of piperazine rings is 1. The fourth-order valence-corrected chi connectivity index (χ4v) is 2.90. The van der Waals surface area contributed by atoms with Gasteiger partial charge in [0.05, 0.1) is 13.7 Å². The number of nitrogens with zero attached hydrogens (tertiary/aromatic N) is 2. The zero-order chi connectivity index (χ0) is 15.4. The third kappa shape index (κ3) is 3.81. The molecule has 1 aromatic heterocycles. The van der Waals surface area contributed by atoms with Crippen LogP contribution in [0.25, 0.3) is 0 Å². The number of anilines is 1. The molecule has 2 aromatic rings. The van der Waals surface area contributed by atoms with E-state index in [-0.39, 0.29) is 0 Å². The second-order valence-corrected chi connectivity index (χ2v) is 5.84. The Morgan fingerprint density at radius 2 is 2.00 bits per heavy atom. The first-order chi connectivity index (χ1) is 10.7. The van der Waals surface area contributed by atoms with Crippen LogP contribution >= 0.6 is 11.6 Å². The Bertz CT molecular complexity index is 609. The van der Waals surface area contributed by atoms with E-state index in [0.717, 1.165) is 49.4 Å². The molecule has 0 bridgehead atoms. The van der Waals surface area contributed by atoms with Gasteiger partial charge < -0.3 is 9.32 Å². The van der Waals surface area contributed by atoms with Gasteiger partial charge in [-0.25, -0.2) is 4.84 Å². The number of furan rings is 1. The Morgan fingerprint density at radius 1 is 1.18 bits per heavy atom. The average molecular weight is 323 g/mol. The summed E-state index contributed by atoms with van der Waals surface area (Å²) >= 11 is 6.07. The fourth-order valence-electron chi connectivity index (χ4n) is 2.72. The Balaban J connectivity index is 1.53. The van der Waals surface area contributed by atoms with Gasteiger partial charge in [0.25, 0.3) is 0 Å². The Kier molecular flexibility index (Phi) is 5.00. The molecule has 1 aliphatic rings. The standard InChI is InChI=1S/C16H20ClN3O2/c1-21-18-16-6-5-15(22-16)12-19-7-9-20(10-8-19)14-4-2-3-13(17)11-14/h2-6,11,18H,7-10,12H2,1H3/p+1. The number of quaternary nitrogens is 1. The molecule has 5 nitrogen and oxygen atoms in total. The molecule has 118 valence electrons. The van der Waals surface area contributed by atoms with Crippen molar-refractivity contribution in [3.05, 3.63) is 47.2 Å².